The maximum Gasteiger partial charge on any atom is 0.240 e. The third kappa shape index (κ3) is 6.12. The molecule has 1 aliphatic heterocycles. The molecule has 4 fully saturated rings. The van der Waals surface area contributed by atoms with Gasteiger partial charge in [-0.3, -0.25) is 9.52 Å². The van der Waals surface area contributed by atoms with E-state index in [2.05, 4.69) is 22.8 Å². The molecule has 5 rings (SSSR count). The second-order valence-corrected chi connectivity index (χ2v) is 12.5. The topological polar surface area (TPSA) is 85.7 Å². The van der Waals surface area contributed by atoms with E-state index in [1.165, 1.54) is 55.7 Å². The average Bonchev–Trinajstić information content (AvgIpc) is 3.57. The van der Waals surface area contributed by atoms with Crippen LogP contribution >= 0.6 is 23.5 Å². The van der Waals surface area contributed by atoms with E-state index < -0.39 is 5.60 Å². The molecule has 1 aromatic heterocycles. The largest absolute Gasteiger partial charge is 0.516 e. The van der Waals surface area contributed by atoms with Gasteiger partial charge in [0.2, 0.25) is 5.91 Å². The van der Waals surface area contributed by atoms with Crippen molar-refractivity contribution in [3.05, 3.63) is 54.3 Å². The number of nitrogens with zero attached hydrogens (tertiary/aromatic N) is 2. The molecule has 0 aromatic carbocycles. The molecule has 3 aliphatic carbocycles. The number of anilines is 1. The van der Waals surface area contributed by atoms with Gasteiger partial charge in [-0.1, -0.05) is 42.8 Å². The third-order valence-corrected chi connectivity index (χ3v) is 9.13. The quantitative estimate of drug-likeness (QED) is 0.166. The molecule has 36 heavy (non-hydrogen) atoms. The molecule has 1 spiro atoms. The standard InChI is InChI=1S/C24H33N3O2S.C4H5ClO/c1-17(18-14-23(15-18)9-4-10-23)24(11-12-24)21(28)26-30-20-7-3-6-19(25-20)27-13-5-8-22(2,29)16-27;1-4(5)2-3-6/h3,6-7,18,29H,1,4-5,8-16H2,2H3,(H,26,28);2-3,6H,1H2/b;3-2+. The molecule has 6 nitrogen and oxygen atoms in total. The van der Waals surface area contributed by atoms with Gasteiger partial charge in [-0.15, -0.1) is 0 Å². The minimum absolute atomic E-state index is 0.0974. The molecule has 3 N–H and O–H groups in total. The number of hydrogen-bond acceptors (Lipinski definition) is 6. The van der Waals surface area contributed by atoms with Crippen LogP contribution in [0.5, 0.6) is 0 Å². The first-order valence-electron chi connectivity index (χ1n) is 12.8. The Labute approximate surface area is 224 Å². The van der Waals surface area contributed by atoms with Crippen molar-refractivity contribution < 1.29 is 15.0 Å². The number of aliphatic hydroxyl groups excluding tert-OH is 1. The van der Waals surface area contributed by atoms with Gasteiger partial charge >= 0.3 is 0 Å². The van der Waals surface area contributed by atoms with Crippen LogP contribution in [0.4, 0.5) is 5.82 Å². The first kappa shape index (κ1) is 27.1. The summed E-state index contributed by atoms with van der Waals surface area (Å²) in [5.74, 6) is 1.50. The Morgan fingerprint density at radius 3 is 2.47 bits per heavy atom. The minimum Gasteiger partial charge on any atom is -0.516 e. The highest BCUT2D eigenvalue weighted by Gasteiger charge is 2.58. The molecule has 8 heteroatoms. The van der Waals surface area contributed by atoms with E-state index >= 15 is 0 Å². The van der Waals surface area contributed by atoms with Gasteiger partial charge in [-0.2, -0.15) is 0 Å². The maximum atomic E-state index is 13.0. The van der Waals surface area contributed by atoms with Crippen molar-refractivity contribution in [3.8, 4) is 0 Å². The number of carbonyl (C=O) groups excluding carboxylic acids is 1. The lowest BCUT2D eigenvalue weighted by Crippen LogP contribution is -2.46. The fraction of sp³-hybridized carbons (Fsp3) is 0.571. The predicted octanol–water partition coefficient (Wildman–Crippen LogP) is 6.28. The molecule has 1 saturated heterocycles. The van der Waals surface area contributed by atoms with Gasteiger partial charge in [0.05, 0.1) is 17.3 Å². The van der Waals surface area contributed by atoms with Crippen molar-refractivity contribution in [2.24, 2.45) is 16.7 Å². The molecule has 1 aromatic rings. The highest BCUT2D eigenvalue weighted by molar-refractivity contribution is 7.97. The number of β-amino-alcohol motifs (C(OH)–C–C–N with tert-alkyl or cyclic N) is 1. The Balaban J connectivity index is 0.000000455. The van der Waals surface area contributed by atoms with Gasteiger partial charge in [-0.25, -0.2) is 4.98 Å². The van der Waals surface area contributed by atoms with Crippen molar-refractivity contribution in [2.45, 2.75) is 75.3 Å². The number of rotatable bonds is 7. The van der Waals surface area contributed by atoms with Gasteiger partial charge in [0, 0.05) is 30.1 Å². The van der Waals surface area contributed by atoms with Gasteiger partial charge in [0.1, 0.15) is 10.8 Å². The first-order valence-corrected chi connectivity index (χ1v) is 14.0. The minimum atomic E-state index is -0.671. The van der Waals surface area contributed by atoms with Crippen LogP contribution in [-0.2, 0) is 4.79 Å². The van der Waals surface area contributed by atoms with Crippen molar-refractivity contribution in [2.75, 3.05) is 18.0 Å². The number of carbonyl (C=O) groups is 1. The molecule has 2 heterocycles. The van der Waals surface area contributed by atoms with E-state index in [4.69, 9.17) is 21.7 Å². The lowest BCUT2D eigenvalue weighted by atomic mass is 9.49. The van der Waals surface area contributed by atoms with Gasteiger partial charge < -0.3 is 15.1 Å². The number of piperidine rings is 1. The number of amides is 1. The zero-order chi connectivity index (χ0) is 26.0. The Morgan fingerprint density at radius 2 is 1.94 bits per heavy atom. The summed E-state index contributed by atoms with van der Waals surface area (Å²) >= 11 is 6.44. The highest BCUT2D eigenvalue weighted by atomic mass is 35.5. The smallest absolute Gasteiger partial charge is 0.240 e. The number of aromatic nitrogens is 1. The number of aliphatic hydroxyl groups is 2. The second kappa shape index (κ2) is 10.8. The maximum absolute atomic E-state index is 13.0. The van der Waals surface area contributed by atoms with Gasteiger partial charge in [-0.05, 0) is 87.8 Å². The van der Waals surface area contributed by atoms with Crippen LogP contribution in [-0.4, -0.2) is 39.8 Å². The van der Waals surface area contributed by atoms with Crippen LogP contribution < -0.4 is 9.62 Å². The molecule has 1 amide bonds. The van der Waals surface area contributed by atoms with E-state index in [0.717, 1.165) is 49.3 Å². The van der Waals surface area contributed by atoms with Crippen molar-refractivity contribution in [3.63, 3.8) is 0 Å². The van der Waals surface area contributed by atoms with Gasteiger partial charge in [0.15, 0.2) is 0 Å². The molecule has 0 bridgehead atoms. The number of pyridine rings is 1. The molecular weight excluding hydrogens is 494 g/mol. The summed E-state index contributed by atoms with van der Waals surface area (Å²) in [4.78, 5) is 19.9. The monoisotopic (exact) mass is 531 g/mol. The number of nitrogens with one attached hydrogen (secondary N) is 1. The normalized spacial score (nSPS) is 25.8. The Morgan fingerprint density at radius 1 is 1.22 bits per heavy atom. The van der Waals surface area contributed by atoms with E-state index in [-0.39, 0.29) is 11.3 Å². The molecule has 0 radical (unpaired) electrons. The molecule has 4 aliphatic rings. The summed E-state index contributed by atoms with van der Waals surface area (Å²) in [6.45, 7) is 11.0. The summed E-state index contributed by atoms with van der Waals surface area (Å²) in [5, 5.41) is 19.4. The fourth-order valence-corrected chi connectivity index (χ4v) is 6.59. The number of halogens is 1. The zero-order valence-electron chi connectivity index (χ0n) is 21.1. The van der Waals surface area contributed by atoms with Crippen LogP contribution in [0, 0.1) is 16.7 Å². The Kier molecular flexibility index (Phi) is 8.13. The van der Waals surface area contributed by atoms with Crippen LogP contribution in [0.3, 0.4) is 0 Å². The summed E-state index contributed by atoms with van der Waals surface area (Å²) in [6.07, 6.45) is 12.4. The summed E-state index contributed by atoms with van der Waals surface area (Å²) in [6, 6.07) is 5.87. The summed E-state index contributed by atoms with van der Waals surface area (Å²) < 4.78 is 3.07. The lowest BCUT2D eigenvalue weighted by Gasteiger charge is -2.55. The van der Waals surface area contributed by atoms with Gasteiger partial charge in [0.25, 0.3) is 0 Å². The van der Waals surface area contributed by atoms with Crippen molar-refractivity contribution in [1.82, 2.24) is 9.71 Å². The van der Waals surface area contributed by atoms with E-state index in [1.54, 1.807) is 0 Å². The van der Waals surface area contributed by atoms with Crippen molar-refractivity contribution >= 4 is 35.3 Å². The van der Waals surface area contributed by atoms with Crippen molar-refractivity contribution in [1.29, 1.82) is 0 Å². The second-order valence-electron chi connectivity index (χ2n) is 11.2. The lowest BCUT2D eigenvalue weighted by molar-refractivity contribution is -0.123. The SMILES string of the molecule is C=C(C1CC2(CCC2)C1)C1(C(=O)NSc2cccc(N3CCCC(C)(O)C3)n2)CC1.C=C(Cl)/C=C/O. The number of allylic oxidation sites excluding steroid dienone is 2. The van der Waals surface area contributed by atoms with Crippen LogP contribution in [0.1, 0.15) is 64.7 Å². The Bertz CT molecular complexity index is 1020. The van der Waals surface area contributed by atoms with Crippen LogP contribution in [0.25, 0.3) is 0 Å². The summed E-state index contributed by atoms with van der Waals surface area (Å²) in [7, 11) is 0. The Hall–Kier alpha value is -1.96. The number of hydrogen-bond donors (Lipinski definition) is 3. The predicted molar refractivity (Wildman–Crippen MR) is 147 cm³/mol. The molecular formula is C28H38ClN3O3S. The fourth-order valence-electron chi connectivity index (χ4n) is 5.86. The first-order chi connectivity index (χ1) is 17.1. The summed E-state index contributed by atoms with van der Waals surface area (Å²) in [5.41, 5.74) is 0.774. The van der Waals surface area contributed by atoms with E-state index in [9.17, 15) is 9.90 Å². The van der Waals surface area contributed by atoms with Crippen LogP contribution in [0.2, 0.25) is 0 Å². The van der Waals surface area contributed by atoms with E-state index in [0.29, 0.717) is 22.9 Å². The third-order valence-electron chi connectivity index (χ3n) is 8.28. The van der Waals surface area contributed by atoms with E-state index in [1.807, 2.05) is 25.1 Å². The zero-order valence-corrected chi connectivity index (χ0v) is 22.7. The highest BCUT2D eigenvalue weighted by Crippen LogP contribution is 2.65. The van der Waals surface area contributed by atoms with Crippen LogP contribution in [0.15, 0.2) is 59.3 Å². The average molecular weight is 532 g/mol. The molecule has 196 valence electrons. The molecule has 1 unspecified atom stereocenters. The molecule has 3 saturated carbocycles. The molecule has 1 atom stereocenters.